The molecule has 7 heteroatoms. The molecule has 3 N–H and O–H groups in total. The van der Waals surface area contributed by atoms with E-state index >= 15 is 0 Å². The standard InChI is InChI=1S/C19H20ClN2O3P/c1-4-25-26(24,16-9-11(2)5-6-12(16)3)18-14-10-13(20)7-8-15(14)22-17(18)19(21)23/h5-10,22H,4H2,1-3H3,(H2,21,23). The summed E-state index contributed by atoms with van der Waals surface area (Å²) in [5.41, 5.74) is 8.05. The number of fused-ring (bicyclic) bond motifs is 1. The van der Waals surface area contributed by atoms with E-state index in [4.69, 9.17) is 21.9 Å². The van der Waals surface area contributed by atoms with E-state index in [1.54, 1.807) is 25.1 Å². The Morgan fingerprint density at radius 1 is 1.23 bits per heavy atom. The fourth-order valence-electron chi connectivity index (χ4n) is 3.11. The topological polar surface area (TPSA) is 85.2 Å². The lowest BCUT2D eigenvalue weighted by atomic mass is 10.2. The van der Waals surface area contributed by atoms with Gasteiger partial charge in [0.1, 0.15) is 5.69 Å². The molecule has 0 bridgehead atoms. The van der Waals surface area contributed by atoms with Crippen molar-refractivity contribution in [3.63, 3.8) is 0 Å². The van der Waals surface area contributed by atoms with Gasteiger partial charge in [0.2, 0.25) is 0 Å². The van der Waals surface area contributed by atoms with Crippen LogP contribution in [0, 0.1) is 13.8 Å². The van der Waals surface area contributed by atoms with E-state index in [2.05, 4.69) is 4.98 Å². The number of carbonyl (C=O) groups is 1. The molecule has 0 aliphatic rings. The van der Waals surface area contributed by atoms with Crippen molar-refractivity contribution in [2.24, 2.45) is 5.73 Å². The normalized spacial score (nSPS) is 13.7. The maximum absolute atomic E-state index is 14.2. The molecule has 2 aromatic carbocycles. The van der Waals surface area contributed by atoms with Gasteiger partial charge in [-0.1, -0.05) is 29.3 Å². The second-order valence-corrected chi connectivity index (χ2v) is 8.89. The van der Waals surface area contributed by atoms with Crippen LogP contribution in [0.1, 0.15) is 28.5 Å². The highest BCUT2D eigenvalue weighted by atomic mass is 35.5. The highest BCUT2D eigenvalue weighted by Crippen LogP contribution is 2.48. The summed E-state index contributed by atoms with van der Waals surface area (Å²) in [5.74, 6) is -0.697. The molecular formula is C19H20ClN2O3P. The number of primary amides is 1. The van der Waals surface area contributed by atoms with Crippen LogP contribution in [0.15, 0.2) is 36.4 Å². The highest BCUT2D eigenvalue weighted by Gasteiger charge is 2.37. The molecular weight excluding hydrogens is 371 g/mol. The first-order valence-corrected chi connectivity index (χ1v) is 10.2. The summed E-state index contributed by atoms with van der Waals surface area (Å²) in [5, 5.41) is 1.88. The molecule has 0 aliphatic heterocycles. The average molecular weight is 391 g/mol. The number of halogens is 1. The molecule has 0 radical (unpaired) electrons. The first kappa shape index (κ1) is 18.7. The van der Waals surface area contributed by atoms with Crippen molar-refractivity contribution in [2.45, 2.75) is 20.8 Å². The number of nitrogens with two attached hydrogens (primary N) is 1. The van der Waals surface area contributed by atoms with Gasteiger partial charge in [0.15, 0.2) is 0 Å². The lowest BCUT2D eigenvalue weighted by Gasteiger charge is -2.21. The number of H-pyrrole nitrogens is 1. The van der Waals surface area contributed by atoms with Crippen LogP contribution in [0.3, 0.4) is 0 Å². The molecule has 1 heterocycles. The van der Waals surface area contributed by atoms with Crippen molar-refractivity contribution in [3.05, 3.63) is 58.2 Å². The van der Waals surface area contributed by atoms with E-state index in [0.29, 0.717) is 21.2 Å². The van der Waals surface area contributed by atoms with Crippen molar-refractivity contribution in [2.75, 3.05) is 6.61 Å². The van der Waals surface area contributed by atoms with Crippen molar-refractivity contribution < 1.29 is 13.9 Å². The third kappa shape index (κ3) is 3.07. The fourth-order valence-corrected chi connectivity index (χ4v) is 6.03. The van der Waals surface area contributed by atoms with Gasteiger partial charge in [-0.05, 0) is 50.6 Å². The summed E-state index contributed by atoms with van der Waals surface area (Å²) in [6.45, 7) is 5.77. The van der Waals surface area contributed by atoms with Crippen LogP contribution in [0.5, 0.6) is 0 Å². The minimum absolute atomic E-state index is 0.0833. The predicted octanol–water partition coefficient (Wildman–Crippen LogP) is 3.80. The second-order valence-electron chi connectivity index (χ2n) is 6.16. The zero-order valence-electron chi connectivity index (χ0n) is 14.8. The smallest absolute Gasteiger partial charge is 0.266 e. The second kappa shape index (κ2) is 6.92. The molecule has 0 aliphatic carbocycles. The Balaban J connectivity index is 2.44. The third-order valence-electron chi connectivity index (χ3n) is 4.27. The summed E-state index contributed by atoms with van der Waals surface area (Å²) in [4.78, 5) is 15.1. The summed E-state index contributed by atoms with van der Waals surface area (Å²) in [6, 6.07) is 10.8. The molecule has 3 aromatic rings. The molecule has 0 saturated carbocycles. The van der Waals surface area contributed by atoms with E-state index < -0.39 is 13.3 Å². The van der Waals surface area contributed by atoms with Crippen molar-refractivity contribution in [1.82, 2.24) is 4.98 Å². The van der Waals surface area contributed by atoms with Crippen LogP contribution in [-0.2, 0) is 9.09 Å². The number of hydrogen-bond acceptors (Lipinski definition) is 3. The lowest BCUT2D eigenvalue weighted by molar-refractivity contribution is 0.0997. The zero-order chi connectivity index (χ0) is 19.1. The molecule has 1 atom stereocenters. The minimum Gasteiger partial charge on any atom is -0.364 e. The fraction of sp³-hybridized carbons (Fsp3) is 0.211. The Morgan fingerprint density at radius 2 is 1.96 bits per heavy atom. The maximum atomic E-state index is 14.2. The van der Waals surface area contributed by atoms with E-state index in [0.717, 1.165) is 11.1 Å². The Hall–Kier alpha value is -2.07. The zero-order valence-corrected chi connectivity index (χ0v) is 16.4. The number of aromatic nitrogens is 1. The maximum Gasteiger partial charge on any atom is 0.266 e. The summed E-state index contributed by atoms with van der Waals surface area (Å²) < 4.78 is 20.0. The van der Waals surface area contributed by atoms with Gasteiger partial charge in [0.25, 0.3) is 13.3 Å². The SMILES string of the molecule is CCOP(=O)(c1cc(C)ccc1C)c1c(C(N)=O)[nH]c2ccc(Cl)cc12. The van der Waals surface area contributed by atoms with Gasteiger partial charge < -0.3 is 15.2 Å². The Bertz CT molecular complexity index is 1060. The molecule has 0 spiro atoms. The molecule has 0 fully saturated rings. The molecule has 0 saturated heterocycles. The van der Waals surface area contributed by atoms with Crippen LogP contribution in [0.4, 0.5) is 0 Å². The number of rotatable bonds is 5. The number of benzene rings is 2. The Kier molecular flexibility index (Phi) is 4.98. The third-order valence-corrected chi connectivity index (χ3v) is 7.29. The van der Waals surface area contributed by atoms with E-state index in [9.17, 15) is 9.36 Å². The van der Waals surface area contributed by atoms with Crippen molar-refractivity contribution in [3.8, 4) is 0 Å². The number of aryl methyl sites for hydroxylation is 2. The molecule has 1 amide bonds. The minimum atomic E-state index is -3.59. The van der Waals surface area contributed by atoms with E-state index in [1.165, 1.54) is 0 Å². The van der Waals surface area contributed by atoms with Gasteiger partial charge in [0, 0.05) is 21.2 Å². The first-order chi connectivity index (χ1) is 12.3. The van der Waals surface area contributed by atoms with Crippen LogP contribution < -0.4 is 16.3 Å². The molecule has 136 valence electrons. The van der Waals surface area contributed by atoms with Gasteiger partial charge >= 0.3 is 0 Å². The Morgan fingerprint density at radius 3 is 2.62 bits per heavy atom. The summed E-state index contributed by atoms with van der Waals surface area (Å²) >= 11 is 6.15. The monoisotopic (exact) mass is 390 g/mol. The van der Waals surface area contributed by atoms with Gasteiger partial charge in [-0.3, -0.25) is 9.36 Å². The van der Waals surface area contributed by atoms with E-state index in [-0.39, 0.29) is 17.6 Å². The van der Waals surface area contributed by atoms with Crippen LogP contribution >= 0.6 is 19.0 Å². The molecule has 1 aromatic heterocycles. The predicted molar refractivity (Wildman–Crippen MR) is 106 cm³/mol. The summed E-state index contributed by atoms with van der Waals surface area (Å²) in [7, 11) is -3.59. The van der Waals surface area contributed by atoms with Gasteiger partial charge in [-0.2, -0.15) is 0 Å². The average Bonchev–Trinajstić information content (AvgIpc) is 2.96. The number of nitrogens with one attached hydrogen (secondary N) is 1. The quantitative estimate of drug-likeness (QED) is 0.650. The van der Waals surface area contributed by atoms with E-state index in [1.807, 2.05) is 32.0 Å². The first-order valence-electron chi connectivity index (χ1n) is 8.22. The number of hydrogen-bond donors (Lipinski definition) is 2. The molecule has 1 unspecified atom stereocenters. The van der Waals surface area contributed by atoms with Crippen molar-refractivity contribution >= 4 is 46.4 Å². The molecule has 26 heavy (non-hydrogen) atoms. The largest absolute Gasteiger partial charge is 0.364 e. The summed E-state index contributed by atoms with van der Waals surface area (Å²) in [6.07, 6.45) is 0. The van der Waals surface area contributed by atoms with Crippen molar-refractivity contribution in [1.29, 1.82) is 0 Å². The molecule has 3 rings (SSSR count). The number of amides is 1. The van der Waals surface area contributed by atoms with Crippen LogP contribution in [-0.4, -0.2) is 17.5 Å². The van der Waals surface area contributed by atoms with Gasteiger partial charge in [-0.15, -0.1) is 0 Å². The number of carbonyl (C=O) groups excluding carboxylic acids is 1. The number of aromatic amines is 1. The lowest BCUT2D eigenvalue weighted by Crippen LogP contribution is -2.27. The van der Waals surface area contributed by atoms with Gasteiger partial charge in [-0.25, -0.2) is 0 Å². The molecule has 5 nitrogen and oxygen atoms in total. The van der Waals surface area contributed by atoms with Crippen LogP contribution in [0.25, 0.3) is 10.9 Å². The Labute approximate surface area is 156 Å². The van der Waals surface area contributed by atoms with Gasteiger partial charge in [0.05, 0.1) is 11.9 Å². The highest BCUT2D eigenvalue weighted by molar-refractivity contribution is 7.75. The van der Waals surface area contributed by atoms with Crippen LogP contribution in [0.2, 0.25) is 5.02 Å².